The summed E-state index contributed by atoms with van der Waals surface area (Å²) in [7, 11) is 1.60. The quantitative estimate of drug-likeness (QED) is 0.826. The third kappa shape index (κ3) is 4.42. The van der Waals surface area contributed by atoms with Gasteiger partial charge >= 0.3 is 0 Å². The van der Waals surface area contributed by atoms with Crippen LogP contribution in [0, 0.1) is 5.82 Å². The average molecular weight is 388 g/mol. The fourth-order valence-electron chi connectivity index (χ4n) is 2.95. The summed E-state index contributed by atoms with van der Waals surface area (Å²) in [6, 6.07) is 12.8. The lowest BCUT2D eigenvalue weighted by Gasteiger charge is -2.29. The standard InChI is InChI=1S/C20H21FN2O3S/c1-13(19(25)22-11-14-3-7-16(21)8-4-14)23-18(24)12-27-20(23)15-5-9-17(26-2)10-6-15/h3-10,13,20H,11-12H2,1-2H3,(H,22,25)/t13-,20-/m0/s1. The Hall–Kier alpha value is -2.54. The van der Waals surface area contributed by atoms with Gasteiger partial charge in [-0.2, -0.15) is 0 Å². The number of carbonyl (C=O) groups is 2. The molecule has 27 heavy (non-hydrogen) atoms. The van der Waals surface area contributed by atoms with Gasteiger partial charge in [0.15, 0.2) is 0 Å². The Morgan fingerprint density at radius 2 is 1.93 bits per heavy atom. The Labute approximate surface area is 161 Å². The number of nitrogens with zero attached hydrogens (tertiary/aromatic N) is 1. The maximum atomic E-state index is 13.0. The van der Waals surface area contributed by atoms with E-state index in [-0.39, 0.29) is 29.6 Å². The first-order chi connectivity index (χ1) is 13.0. The second kappa shape index (κ2) is 8.43. The lowest BCUT2D eigenvalue weighted by atomic mass is 10.1. The highest BCUT2D eigenvalue weighted by molar-refractivity contribution is 8.00. The molecule has 1 fully saturated rings. The highest BCUT2D eigenvalue weighted by Gasteiger charge is 2.38. The summed E-state index contributed by atoms with van der Waals surface area (Å²) >= 11 is 1.50. The Morgan fingerprint density at radius 1 is 1.26 bits per heavy atom. The van der Waals surface area contributed by atoms with E-state index in [1.54, 1.807) is 31.1 Å². The minimum Gasteiger partial charge on any atom is -0.497 e. The van der Waals surface area contributed by atoms with Crippen molar-refractivity contribution in [2.24, 2.45) is 0 Å². The Balaban J connectivity index is 1.68. The smallest absolute Gasteiger partial charge is 0.242 e. The van der Waals surface area contributed by atoms with Crippen molar-refractivity contribution in [2.75, 3.05) is 12.9 Å². The van der Waals surface area contributed by atoms with Gasteiger partial charge in [-0.25, -0.2) is 4.39 Å². The summed E-state index contributed by atoms with van der Waals surface area (Å²) < 4.78 is 18.1. The molecule has 2 aromatic carbocycles. The van der Waals surface area contributed by atoms with Gasteiger partial charge in [0, 0.05) is 6.54 Å². The molecule has 0 bridgehead atoms. The van der Waals surface area contributed by atoms with Gasteiger partial charge in [0.25, 0.3) is 0 Å². The summed E-state index contributed by atoms with van der Waals surface area (Å²) in [6.45, 7) is 2.01. The van der Waals surface area contributed by atoms with Gasteiger partial charge in [-0.05, 0) is 42.3 Å². The van der Waals surface area contributed by atoms with Crippen LogP contribution in [-0.4, -0.2) is 35.6 Å². The van der Waals surface area contributed by atoms with Crippen molar-refractivity contribution >= 4 is 23.6 Å². The minimum atomic E-state index is -0.611. The molecule has 1 heterocycles. The van der Waals surface area contributed by atoms with Crippen molar-refractivity contribution in [1.29, 1.82) is 0 Å². The van der Waals surface area contributed by atoms with E-state index < -0.39 is 6.04 Å². The zero-order valence-corrected chi connectivity index (χ0v) is 16.0. The topological polar surface area (TPSA) is 58.6 Å². The lowest BCUT2D eigenvalue weighted by molar-refractivity contribution is -0.137. The molecule has 0 unspecified atom stereocenters. The molecule has 0 radical (unpaired) electrons. The fourth-order valence-corrected chi connectivity index (χ4v) is 4.21. The van der Waals surface area contributed by atoms with Crippen LogP contribution in [0.1, 0.15) is 23.4 Å². The van der Waals surface area contributed by atoms with Crippen LogP contribution in [-0.2, 0) is 16.1 Å². The SMILES string of the molecule is COc1ccc([C@@H]2SCC(=O)N2[C@@H](C)C(=O)NCc2ccc(F)cc2)cc1. The van der Waals surface area contributed by atoms with Crippen LogP contribution in [0.3, 0.4) is 0 Å². The Kier molecular flexibility index (Phi) is 6.01. The van der Waals surface area contributed by atoms with Crippen LogP contribution in [0.25, 0.3) is 0 Å². The first-order valence-corrected chi connectivity index (χ1v) is 9.63. The zero-order valence-electron chi connectivity index (χ0n) is 15.1. The zero-order chi connectivity index (χ0) is 19.4. The van der Waals surface area contributed by atoms with Gasteiger partial charge in [-0.3, -0.25) is 9.59 Å². The van der Waals surface area contributed by atoms with E-state index in [4.69, 9.17) is 4.74 Å². The molecule has 142 valence electrons. The molecule has 2 atom stereocenters. The number of hydrogen-bond acceptors (Lipinski definition) is 4. The third-order valence-corrected chi connectivity index (χ3v) is 5.71. The number of thioether (sulfide) groups is 1. The number of benzene rings is 2. The predicted molar refractivity (Wildman–Crippen MR) is 103 cm³/mol. The summed E-state index contributed by atoms with van der Waals surface area (Å²) in [5, 5.41) is 2.61. The first kappa shape index (κ1) is 19.2. The minimum absolute atomic E-state index is 0.0646. The van der Waals surface area contributed by atoms with Crippen LogP contribution in [0.2, 0.25) is 0 Å². The maximum Gasteiger partial charge on any atom is 0.242 e. The molecule has 3 rings (SSSR count). The van der Waals surface area contributed by atoms with Gasteiger partial charge in [0.1, 0.15) is 23.0 Å². The van der Waals surface area contributed by atoms with E-state index >= 15 is 0 Å². The van der Waals surface area contributed by atoms with Crippen molar-refractivity contribution < 1.29 is 18.7 Å². The van der Waals surface area contributed by atoms with Crippen molar-refractivity contribution in [1.82, 2.24) is 10.2 Å². The number of nitrogens with one attached hydrogen (secondary N) is 1. The largest absolute Gasteiger partial charge is 0.497 e. The summed E-state index contributed by atoms with van der Waals surface area (Å²) in [5.74, 6) is 0.454. The number of ether oxygens (including phenoxy) is 1. The Bertz CT molecular complexity index is 811. The van der Waals surface area contributed by atoms with E-state index in [1.165, 1.54) is 23.9 Å². The summed E-state index contributed by atoms with van der Waals surface area (Å²) in [6.07, 6.45) is 0. The third-order valence-electron chi connectivity index (χ3n) is 4.48. The number of halogens is 1. The fraction of sp³-hybridized carbons (Fsp3) is 0.300. The van der Waals surface area contributed by atoms with E-state index in [1.807, 2.05) is 24.3 Å². The van der Waals surface area contributed by atoms with Gasteiger partial charge in [-0.15, -0.1) is 11.8 Å². The van der Waals surface area contributed by atoms with Crippen LogP contribution >= 0.6 is 11.8 Å². The highest BCUT2D eigenvalue weighted by atomic mass is 32.2. The van der Waals surface area contributed by atoms with Crippen molar-refractivity contribution in [3.05, 3.63) is 65.5 Å². The van der Waals surface area contributed by atoms with Crippen LogP contribution in [0.5, 0.6) is 5.75 Å². The molecule has 0 aliphatic carbocycles. The highest BCUT2D eigenvalue weighted by Crippen LogP contribution is 2.40. The molecule has 0 aromatic heterocycles. The number of rotatable bonds is 6. The molecule has 0 saturated carbocycles. The van der Waals surface area contributed by atoms with E-state index in [2.05, 4.69) is 5.32 Å². The first-order valence-electron chi connectivity index (χ1n) is 8.58. The molecule has 7 heteroatoms. The van der Waals surface area contributed by atoms with Gasteiger partial charge in [0.05, 0.1) is 12.9 Å². The van der Waals surface area contributed by atoms with Crippen molar-refractivity contribution in [3.8, 4) is 5.75 Å². The molecule has 1 aliphatic heterocycles. The van der Waals surface area contributed by atoms with Crippen LogP contribution < -0.4 is 10.1 Å². The molecule has 0 spiro atoms. The maximum absolute atomic E-state index is 13.0. The van der Waals surface area contributed by atoms with Crippen LogP contribution in [0.4, 0.5) is 4.39 Å². The van der Waals surface area contributed by atoms with Gasteiger partial charge < -0.3 is 15.0 Å². The lowest BCUT2D eigenvalue weighted by Crippen LogP contribution is -2.46. The normalized spacial score (nSPS) is 17.7. The molecular weight excluding hydrogens is 367 g/mol. The van der Waals surface area contributed by atoms with Crippen LogP contribution in [0.15, 0.2) is 48.5 Å². The Morgan fingerprint density at radius 3 is 2.56 bits per heavy atom. The average Bonchev–Trinajstić information content (AvgIpc) is 3.08. The number of amides is 2. The summed E-state index contributed by atoms with van der Waals surface area (Å²) in [5.41, 5.74) is 1.75. The van der Waals surface area contributed by atoms with Gasteiger partial charge in [-0.1, -0.05) is 24.3 Å². The predicted octanol–water partition coefficient (Wildman–Crippen LogP) is 3.11. The molecule has 2 aromatic rings. The van der Waals surface area contributed by atoms with E-state index in [0.29, 0.717) is 5.75 Å². The van der Waals surface area contributed by atoms with E-state index in [9.17, 15) is 14.0 Å². The second-order valence-electron chi connectivity index (χ2n) is 6.26. The molecule has 1 aliphatic rings. The number of methoxy groups -OCH3 is 1. The number of carbonyl (C=O) groups excluding carboxylic acids is 2. The monoisotopic (exact) mass is 388 g/mol. The molecular formula is C20H21FN2O3S. The molecule has 1 saturated heterocycles. The second-order valence-corrected chi connectivity index (χ2v) is 7.33. The van der Waals surface area contributed by atoms with Gasteiger partial charge in [0.2, 0.25) is 11.8 Å². The molecule has 5 nitrogen and oxygen atoms in total. The van der Waals surface area contributed by atoms with Crippen molar-refractivity contribution in [2.45, 2.75) is 24.9 Å². The van der Waals surface area contributed by atoms with E-state index in [0.717, 1.165) is 16.9 Å². The molecule has 2 amide bonds. The van der Waals surface area contributed by atoms with Crippen molar-refractivity contribution in [3.63, 3.8) is 0 Å². The summed E-state index contributed by atoms with van der Waals surface area (Å²) in [4.78, 5) is 26.6. The molecule has 1 N–H and O–H groups in total. The number of hydrogen-bond donors (Lipinski definition) is 1.